The summed E-state index contributed by atoms with van der Waals surface area (Å²) in [6, 6.07) is 0. The Kier molecular flexibility index (Phi) is 2.44. The number of carbonyl (C=O) groups is 1. The lowest BCUT2D eigenvalue weighted by atomic mass is 9.49. The highest BCUT2D eigenvalue weighted by atomic mass is 16.6. The summed E-state index contributed by atoms with van der Waals surface area (Å²) in [6.45, 7) is 6.87. The van der Waals surface area contributed by atoms with E-state index in [0.29, 0.717) is 5.92 Å². The molecule has 4 atom stereocenters. The lowest BCUT2D eigenvalue weighted by molar-refractivity contribution is -0.165. The molecule has 0 unspecified atom stereocenters. The van der Waals surface area contributed by atoms with E-state index >= 15 is 0 Å². The molecule has 0 aromatic carbocycles. The van der Waals surface area contributed by atoms with E-state index < -0.39 is 6.29 Å². The number of aliphatic hydroxyl groups is 1. The number of hydrogen-bond acceptors (Lipinski definition) is 3. The largest absolute Gasteiger partial charge is 0.432 e. The maximum absolute atomic E-state index is 11.7. The highest BCUT2D eigenvalue weighted by Gasteiger charge is 2.59. The first-order valence-corrected chi connectivity index (χ1v) is 6.95. The number of aliphatic hydroxyl groups excluding tert-OH is 1. The minimum Gasteiger partial charge on any atom is -0.432 e. The smallest absolute Gasteiger partial charge is 0.336 e. The van der Waals surface area contributed by atoms with Crippen molar-refractivity contribution in [1.82, 2.24) is 0 Å². The van der Waals surface area contributed by atoms with E-state index in [2.05, 4.69) is 20.8 Å². The van der Waals surface area contributed by atoms with Crippen LogP contribution in [-0.2, 0) is 9.53 Å². The third-order valence-electron chi connectivity index (χ3n) is 5.64. The number of hydrogen-bond donors (Lipinski definition) is 1. The molecule has 1 aliphatic heterocycles. The number of rotatable bonds is 0. The van der Waals surface area contributed by atoms with Crippen molar-refractivity contribution >= 4 is 5.97 Å². The van der Waals surface area contributed by atoms with Crippen molar-refractivity contribution in [2.75, 3.05) is 0 Å². The minimum absolute atomic E-state index is 0.00257. The van der Waals surface area contributed by atoms with Gasteiger partial charge in [0.2, 0.25) is 6.29 Å². The highest BCUT2D eigenvalue weighted by Crippen LogP contribution is 2.61. The second-order valence-corrected chi connectivity index (χ2v) is 7.07. The van der Waals surface area contributed by atoms with E-state index in [4.69, 9.17) is 4.74 Å². The molecule has 1 saturated heterocycles. The number of allylic oxidation sites excluding steroid dienone is 1. The van der Waals surface area contributed by atoms with E-state index in [1.54, 1.807) is 0 Å². The Morgan fingerprint density at radius 3 is 2.78 bits per heavy atom. The summed E-state index contributed by atoms with van der Waals surface area (Å²) in [5, 5.41) is 10.1. The van der Waals surface area contributed by atoms with E-state index in [9.17, 15) is 9.90 Å². The van der Waals surface area contributed by atoms with E-state index in [1.807, 2.05) is 6.08 Å². The fraction of sp³-hybridized carbons (Fsp3) is 0.800. The first kappa shape index (κ1) is 12.2. The Bertz CT molecular complexity index is 423. The quantitative estimate of drug-likeness (QED) is 0.672. The molecule has 100 valence electrons. The van der Waals surface area contributed by atoms with Gasteiger partial charge in [0.05, 0.1) is 5.92 Å². The summed E-state index contributed by atoms with van der Waals surface area (Å²) < 4.78 is 5.04. The van der Waals surface area contributed by atoms with Gasteiger partial charge in [0.15, 0.2) is 0 Å². The molecule has 1 N–H and O–H groups in total. The molecular weight excluding hydrogens is 228 g/mol. The molecule has 3 rings (SSSR count). The van der Waals surface area contributed by atoms with Gasteiger partial charge in [-0.1, -0.05) is 33.3 Å². The van der Waals surface area contributed by atoms with Crippen molar-refractivity contribution in [3.05, 3.63) is 11.6 Å². The molecule has 0 aromatic rings. The van der Waals surface area contributed by atoms with Crippen LogP contribution in [0.4, 0.5) is 0 Å². The molecule has 0 radical (unpaired) electrons. The summed E-state index contributed by atoms with van der Waals surface area (Å²) in [7, 11) is 0. The third-order valence-corrected chi connectivity index (χ3v) is 5.64. The second kappa shape index (κ2) is 3.60. The Balaban J connectivity index is 2.06. The summed E-state index contributed by atoms with van der Waals surface area (Å²) in [5.74, 6) is 0.0931. The zero-order valence-electron chi connectivity index (χ0n) is 11.4. The van der Waals surface area contributed by atoms with Gasteiger partial charge in [-0.25, -0.2) is 4.79 Å². The average molecular weight is 250 g/mol. The molecule has 3 heteroatoms. The fourth-order valence-electron chi connectivity index (χ4n) is 4.79. The monoisotopic (exact) mass is 250 g/mol. The Hall–Kier alpha value is -0.830. The van der Waals surface area contributed by atoms with Crippen molar-refractivity contribution in [3.8, 4) is 0 Å². The van der Waals surface area contributed by atoms with E-state index in [1.165, 1.54) is 12.8 Å². The predicted molar refractivity (Wildman–Crippen MR) is 67.5 cm³/mol. The van der Waals surface area contributed by atoms with Crippen LogP contribution >= 0.6 is 0 Å². The van der Waals surface area contributed by atoms with Crippen LogP contribution in [0.5, 0.6) is 0 Å². The first-order valence-electron chi connectivity index (χ1n) is 6.95. The van der Waals surface area contributed by atoms with Crippen LogP contribution in [0, 0.1) is 22.7 Å². The standard InChI is InChI=1S/C15H22O3/c1-14(2)7-4-8-15(3)10(14)6-5-9-11(15)13(17)18-12(9)16/h5,10-11,13,17H,4,6-8H2,1-3H3/t10-,11+,13+,15-/m0/s1. The Morgan fingerprint density at radius 2 is 2.06 bits per heavy atom. The molecule has 0 amide bonds. The number of fused-ring (bicyclic) bond motifs is 3. The summed E-state index contributed by atoms with van der Waals surface area (Å²) in [4.78, 5) is 11.7. The molecule has 2 fully saturated rings. The summed E-state index contributed by atoms with van der Waals surface area (Å²) in [5.41, 5.74) is 0.997. The first-order chi connectivity index (χ1) is 8.36. The SMILES string of the molecule is CC1(C)CCC[C@]2(C)[C@@H]3C(=CC[C@@H]12)C(=O)O[C@H]3O. The van der Waals surface area contributed by atoms with E-state index in [0.717, 1.165) is 18.4 Å². The van der Waals surface area contributed by atoms with Gasteiger partial charge in [0.25, 0.3) is 0 Å². The van der Waals surface area contributed by atoms with Crippen LogP contribution < -0.4 is 0 Å². The Morgan fingerprint density at radius 1 is 1.33 bits per heavy atom. The molecule has 2 aliphatic carbocycles. The lowest BCUT2D eigenvalue weighted by Gasteiger charge is -2.55. The highest BCUT2D eigenvalue weighted by molar-refractivity contribution is 5.91. The summed E-state index contributed by atoms with van der Waals surface area (Å²) in [6.07, 6.45) is 5.50. The van der Waals surface area contributed by atoms with Gasteiger partial charge in [-0.3, -0.25) is 0 Å². The molecule has 0 aromatic heterocycles. The van der Waals surface area contributed by atoms with E-state index in [-0.39, 0.29) is 22.7 Å². The predicted octanol–water partition coefficient (Wildman–Crippen LogP) is 2.64. The van der Waals surface area contributed by atoms with Crippen molar-refractivity contribution in [3.63, 3.8) is 0 Å². The van der Waals surface area contributed by atoms with Crippen LogP contribution in [0.15, 0.2) is 11.6 Å². The molecule has 0 bridgehead atoms. The van der Waals surface area contributed by atoms with Crippen molar-refractivity contribution in [2.45, 2.75) is 52.7 Å². The van der Waals surface area contributed by atoms with Gasteiger partial charge < -0.3 is 9.84 Å². The molecular formula is C15H22O3. The fourth-order valence-corrected chi connectivity index (χ4v) is 4.79. The van der Waals surface area contributed by atoms with Gasteiger partial charge in [0.1, 0.15) is 0 Å². The third kappa shape index (κ3) is 1.43. The number of carbonyl (C=O) groups excluding carboxylic acids is 1. The normalized spacial score (nSPS) is 45.9. The molecule has 18 heavy (non-hydrogen) atoms. The van der Waals surface area contributed by atoms with Crippen molar-refractivity contribution in [2.24, 2.45) is 22.7 Å². The average Bonchev–Trinajstić information content (AvgIpc) is 2.54. The zero-order valence-corrected chi connectivity index (χ0v) is 11.4. The number of cyclic esters (lactones) is 1. The topological polar surface area (TPSA) is 46.5 Å². The lowest BCUT2D eigenvalue weighted by Crippen LogP contribution is -2.50. The van der Waals surface area contributed by atoms with Crippen LogP contribution in [0.1, 0.15) is 46.5 Å². The van der Waals surface area contributed by atoms with Crippen LogP contribution in [0.2, 0.25) is 0 Å². The molecule has 1 heterocycles. The molecule has 3 aliphatic rings. The minimum atomic E-state index is -0.939. The van der Waals surface area contributed by atoms with Gasteiger partial charge >= 0.3 is 5.97 Å². The maximum atomic E-state index is 11.7. The van der Waals surface area contributed by atoms with Crippen molar-refractivity contribution in [1.29, 1.82) is 0 Å². The maximum Gasteiger partial charge on any atom is 0.336 e. The molecule has 3 nitrogen and oxygen atoms in total. The van der Waals surface area contributed by atoms with Crippen molar-refractivity contribution < 1.29 is 14.6 Å². The van der Waals surface area contributed by atoms with Gasteiger partial charge in [-0.05, 0) is 36.0 Å². The second-order valence-electron chi connectivity index (χ2n) is 7.07. The molecule has 1 saturated carbocycles. The van der Waals surface area contributed by atoms with Gasteiger partial charge in [-0.15, -0.1) is 0 Å². The van der Waals surface area contributed by atoms with Crippen LogP contribution in [0.25, 0.3) is 0 Å². The Labute approximate surface area is 108 Å². The van der Waals surface area contributed by atoms with Crippen LogP contribution in [-0.4, -0.2) is 17.4 Å². The van der Waals surface area contributed by atoms with Crippen LogP contribution in [0.3, 0.4) is 0 Å². The number of ether oxygens (including phenoxy) is 1. The summed E-state index contributed by atoms with van der Waals surface area (Å²) >= 11 is 0. The molecule has 0 spiro atoms. The van der Waals surface area contributed by atoms with Gasteiger partial charge in [0, 0.05) is 5.57 Å². The zero-order chi connectivity index (χ0) is 13.1. The van der Waals surface area contributed by atoms with Gasteiger partial charge in [-0.2, -0.15) is 0 Å². The number of esters is 1.